The number of benzene rings is 1. The third-order valence-electron chi connectivity index (χ3n) is 4.92. The number of fused-ring (bicyclic) bond motifs is 1. The third-order valence-corrected chi connectivity index (χ3v) is 4.92. The van der Waals surface area contributed by atoms with Crippen molar-refractivity contribution in [2.45, 2.75) is 44.6 Å². The summed E-state index contributed by atoms with van der Waals surface area (Å²) in [4.78, 5) is 2.45. The second-order valence-corrected chi connectivity index (χ2v) is 6.50. The second kappa shape index (κ2) is 6.88. The van der Waals surface area contributed by atoms with Gasteiger partial charge in [0.25, 0.3) is 0 Å². The summed E-state index contributed by atoms with van der Waals surface area (Å²) < 4.78 is 12.3. The van der Waals surface area contributed by atoms with Gasteiger partial charge in [-0.2, -0.15) is 0 Å². The summed E-state index contributed by atoms with van der Waals surface area (Å²) in [6, 6.07) is 6.22. The van der Waals surface area contributed by atoms with Gasteiger partial charge in [-0.1, -0.05) is 13.0 Å². The molecule has 0 aliphatic carbocycles. The molecule has 0 atom stereocenters. The number of piperidine rings is 1. The van der Waals surface area contributed by atoms with E-state index in [9.17, 15) is 0 Å². The van der Waals surface area contributed by atoms with Crippen LogP contribution < -0.4 is 15.2 Å². The predicted octanol–water partition coefficient (Wildman–Crippen LogP) is 2.59. The average Bonchev–Trinajstić information content (AvgIpc) is 2.55. The molecule has 22 heavy (non-hydrogen) atoms. The SMILES string of the molecule is CCCOc1cccc2c1CCC1(CCN(CCN)CC1)O2. The standard InChI is InChI=1S/C18H28N2O2/c1-2-14-21-16-4-3-5-17-15(16)6-7-18(22-17)8-11-20(12-9-18)13-10-19/h3-5H,2,6-14,19H2,1H3. The highest BCUT2D eigenvalue weighted by Gasteiger charge is 2.39. The molecule has 1 fully saturated rings. The maximum absolute atomic E-state index is 6.47. The topological polar surface area (TPSA) is 47.7 Å². The van der Waals surface area contributed by atoms with E-state index in [1.54, 1.807) is 0 Å². The Bertz CT molecular complexity index is 496. The summed E-state index contributed by atoms with van der Waals surface area (Å²) in [5, 5.41) is 0. The van der Waals surface area contributed by atoms with Crippen LogP contribution in [0.4, 0.5) is 0 Å². The zero-order valence-corrected chi connectivity index (χ0v) is 13.6. The van der Waals surface area contributed by atoms with E-state index in [-0.39, 0.29) is 5.60 Å². The number of hydrogen-bond donors (Lipinski definition) is 1. The lowest BCUT2D eigenvalue weighted by Crippen LogP contribution is -2.50. The molecule has 4 nitrogen and oxygen atoms in total. The molecule has 2 aliphatic rings. The number of nitrogens with zero attached hydrogens (tertiary/aromatic N) is 1. The maximum atomic E-state index is 6.47. The zero-order valence-electron chi connectivity index (χ0n) is 13.6. The van der Waals surface area contributed by atoms with Crippen LogP contribution in [0, 0.1) is 0 Å². The van der Waals surface area contributed by atoms with Crippen molar-refractivity contribution in [1.82, 2.24) is 4.90 Å². The van der Waals surface area contributed by atoms with Crippen LogP contribution in [0.25, 0.3) is 0 Å². The Kier molecular flexibility index (Phi) is 4.89. The molecule has 4 heteroatoms. The van der Waals surface area contributed by atoms with E-state index in [4.69, 9.17) is 15.2 Å². The van der Waals surface area contributed by atoms with Gasteiger partial charge in [-0.15, -0.1) is 0 Å². The van der Waals surface area contributed by atoms with Crippen molar-refractivity contribution in [3.8, 4) is 11.5 Å². The lowest BCUT2D eigenvalue weighted by molar-refractivity contribution is -0.0142. The van der Waals surface area contributed by atoms with Gasteiger partial charge in [0, 0.05) is 31.7 Å². The molecule has 0 bridgehead atoms. The molecule has 2 aliphatic heterocycles. The van der Waals surface area contributed by atoms with Crippen molar-refractivity contribution in [3.63, 3.8) is 0 Å². The van der Waals surface area contributed by atoms with E-state index in [2.05, 4.69) is 24.0 Å². The fraction of sp³-hybridized carbons (Fsp3) is 0.667. The van der Waals surface area contributed by atoms with E-state index >= 15 is 0 Å². The molecule has 1 spiro atoms. The minimum absolute atomic E-state index is 0.0292. The molecule has 0 radical (unpaired) electrons. The first kappa shape index (κ1) is 15.6. The Balaban J connectivity index is 1.69. The van der Waals surface area contributed by atoms with Gasteiger partial charge in [0.05, 0.1) is 6.61 Å². The summed E-state index contributed by atoms with van der Waals surface area (Å²) in [5.41, 5.74) is 6.95. The predicted molar refractivity (Wildman–Crippen MR) is 88.6 cm³/mol. The van der Waals surface area contributed by atoms with Crippen molar-refractivity contribution in [3.05, 3.63) is 23.8 Å². The first-order valence-electron chi connectivity index (χ1n) is 8.62. The minimum Gasteiger partial charge on any atom is -0.493 e. The lowest BCUT2D eigenvalue weighted by atomic mass is 9.83. The molecule has 1 aromatic rings. The number of nitrogens with two attached hydrogens (primary N) is 1. The third kappa shape index (κ3) is 3.23. The van der Waals surface area contributed by atoms with Crippen LogP contribution in [0.2, 0.25) is 0 Å². The van der Waals surface area contributed by atoms with E-state index < -0.39 is 0 Å². The molecular formula is C18H28N2O2. The van der Waals surface area contributed by atoms with Gasteiger partial charge in [0.2, 0.25) is 0 Å². The molecule has 1 aromatic carbocycles. The van der Waals surface area contributed by atoms with Gasteiger partial charge in [-0.25, -0.2) is 0 Å². The summed E-state index contributed by atoms with van der Waals surface area (Å²) in [6.07, 6.45) is 5.40. The highest BCUT2D eigenvalue weighted by Crippen LogP contribution is 2.42. The normalized spacial score (nSPS) is 20.5. The number of hydrogen-bond acceptors (Lipinski definition) is 4. The molecule has 0 unspecified atom stereocenters. The largest absolute Gasteiger partial charge is 0.493 e. The maximum Gasteiger partial charge on any atom is 0.127 e. The minimum atomic E-state index is 0.0292. The fourth-order valence-corrected chi connectivity index (χ4v) is 3.59. The highest BCUT2D eigenvalue weighted by atomic mass is 16.5. The van der Waals surface area contributed by atoms with Gasteiger partial charge in [-0.05, 0) is 44.2 Å². The molecule has 2 heterocycles. The lowest BCUT2D eigenvalue weighted by Gasteiger charge is -2.44. The number of rotatable bonds is 5. The van der Waals surface area contributed by atoms with E-state index in [1.807, 2.05) is 6.07 Å². The number of ether oxygens (including phenoxy) is 2. The smallest absolute Gasteiger partial charge is 0.127 e. The van der Waals surface area contributed by atoms with Crippen LogP contribution in [0.1, 0.15) is 38.2 Å². The quantitative estimate of drug-likeness (QED) is 0.908. The van der Waals surface area contributed by atoms with Crippen LogP contribution in [0.15, 0.2) is 18.2 Å². The Morgan fingerprint density at radius 3 is 2.82 bits per heavy atom. The van der Waals surface area contributed by atoms with Gasteiger partial charge in [-0.3, -0.25) is 0 Å². The van der Waals surface area contributed by atoms with Crippen LogP contribution in [0.5, 0.6) is 11.5 Å². The molecule has 0 aromatic heterocycles. The van der Waals surface area contributed by atoms with Crippen molar-refractivity contribution in [1.29, 1.82) is 0 Å². The van der Waals surface area contributed by atoms with E-state index in [0.29, 0.717) is 0 Å². The van der Waals surface area contributed by atoms with Crippen LogP contribution in [-0.2, 0) is 6.42 Å². The Hall–Kier alpha value is -1.26. The van der Waals surface area contributed by atoms with Crippen molar-refractivity contribution >= 4 is 0 Å². The van der Waals surface area contributed by atoms with E-state index in [0.717, 1.165) is 76.4 Å². The fourth-order valence-electron chi connectivity index (χ4n) is 3.59. The molecular weight excluding hydrogens is 276 g/mol. The Labute approximate surface area is 133 Å². The first-order chi connectivity index (χ1) is 10.8. The molecule has 122 valence electrons. The van der Waals surface area contributed by atoms with Gasteiger partial charge in [0.1, 0.15) is 17.1 Å². The number of likely N-dealkylation sites (tertiary alicyclic amines) is 1. The average molecular weight is 304 g/mol. The first-order valence-corrected chi connectivity index (χ1v) is 8.62. The monoisotopic (exact) mass is 304 g/mol. The molecule has 3 rings (SSSR count). The Morgan fingerprint density at radius 1 is 1.27 bits per heavy atom. The van der Waals surface area contributed by atoms with Crippen LogP contribution in [0.3, 0.4) is 0 Å². The van der Waals surface area contributed by atoms with Gasteiger partial charge in [0.15, 0.2) is 0 Å². The highest BCUT2D eigenvalue weighted by molar-refractivity contribution is 5.46. The second-order valence-electron chi connectivity index (χ2n) is 6.50. The summed E-state index contributed by atoms with van der Waals surface area (Å²) >= 11 is 0. The Morgan fingerprint density at radius 2 is 2.09 bits per heavy atom. The van der Waals surface area contributed by atoms with Gasteiger partial charge >= 0.3 is 0 Å². The molecule has 0 saturated carbocycles. The van der Waals surface area contributed by atoms with E-state index in [1.165, 1.54) is 5.56 Å². The summed E-state index contributed by atoms with van der Waals surface area (Å²) in [5.74, 6) is 2.04. The van der Waals surface area contributed by atoms with Crippen molar-refractivity contribution in [2.75, 3.05) is 32.8 Å². The van der Waals surface area contributed by atoms with Crippen LogP contribution >= 0.6 is 0 Å². The molecule has 1 saturated heterocycles. The zero-order chi connectivity index (χ0) is 15.4. The van der Waals surface area contributed by atoms with Crippen LogP contribution in [-0.4, -0.2) is 43.3 Å². The summed E-state index contributed by atoms with van der Waals surface area (Å²) in [6.45, 7) is 6.85. The van der Waals surface area contributed by atoms with Gasteiger partial charge < -0.3 is 20.1 Å². The summed E-state index contributed by atoms with van der Waals surface area (Å²) in [7, 11) is 0. The van der Waals surface area contributed by atoms with Crippen molar-refractivity contribution in [2.24, 2.45) is 5.73 Å². The molecule has 0 amide bonds. The molecule has 2 N–H and O–H groups in total. The van der Waals surface area contributed by atoms with Crippen molar-refractivity contribution < 1.29 is 9.47 Å².